The third kappa shape index (κ3) is 5.12. The van der Waals surface area contributed by atoms with E-state index in [0.717, 1.165) is 6.26 Å². The largest absolute Gasteiger partial charge is 0.343 e. The van der Waals surface area contributed by atoms with Crippen LogP contribution in [0.4, 0.5) is 11.6 Å². The van der Waals surface area contributed by atoms with Crippen molar-refractivity contribution in [2.24, 2.45) is 4.99 Å². The number of sulfone groups is 1. The summed E-state index contributed by atoms with van der Waals surface area (Å²) in [4.78, 5) is 12.4. The highest BCUT2D eigenvalue weighted by Gasteiger charge is 2.14. The first-order valence-corrected chi connectivity index (χ1v) is 9.44. The van der Waals surface area contributed by atoms with Gasteiger partial charge in [-0.05, 0) is 37.3 Å². The van der Waals surface area contributed by atoms with Crippen LogP contribution in [0.1, 0.15) is 12.6 Å². The van der Waals surface area contributed by atoms with E-state index in [0.29, 0.717) is 17.4 Å². The van der Waals surface area contributed by atoms with Gasteiger partial charge in [0.15, 0.2) is 9.84 Å². The van der Waals surface area contributed by atoms with Crippen molar-refractivity contribution in [3.63, 3.8) is 0 Å². The predicted octanol–water partition coefficient (Wildman–Crippen LogP) is 2.21. The summed E-state index contributed by atoms with van der Waals surface area (Å²) in [6, 6.07) is 10.0. The molecule has 0 unspecified atom stereocenters. The molecule has 2 N–H and O–H groups in total. The molecule has 8 nitrogen and oxygen atoms in total. The minimum absolute atomic E-state index is 0.110. The zero-order valence-electron chi connectivity index (χ0n) is 14.6. The van der Waals surface area contributed by atoms with Crippen LogP contribution in [-0.2, 0) is 9.84 Å². The summed E-state index contributed by atoms with van der Waals surface area (Å²) in [5.41, 5.74) is 0.911. The highest BCUT2D eigenvalue weighted by atomic mass is 32.2. The first-order valence-electron chi connectivity index (χ1n) is 7.55. The summed E-state index contributed by atoms with van der Waals surface area (Å²) < 4.78 is 23.7. The number of anilines is 2. The molecule has 0 aliphatic carbocycles. The number of aliphatic imine (C=N–C) groups is 1. The molecule has 0 bridgehead atoms. The van der Waals surface area contributed by atoms with Crippen molar-refractivity contribution in [3.8, 4) is 6.07 Å². The topological polar surface area (TPSA) is 120 Å². The summed E-state index contributed by atoms with van der Waals surface area (Å²) in [6.07, 6.45) is 4.32. The van der Waals surface area contributed by atoms with Crippen LogP contribution in [0, 0.1) is 11.3 Å². The van der Waals surface area contributed by atoms with Crippen molar-refractivity contribution in [3.05, 3.63) is 54.0 Å². The van der Waals surface area contributed by atoms with Gasteiger partial charge in [-0.1, -0.05) is 6.07 Å². The van der Waals surface area contributed by atoms with Gasteiger partial charge in [0.25, 0.3) is 0 Å². The average Bonchev–Trinajstić information content (AvgIpc) is 2.60. The fourth-order valence-corrected chi connectivity index (χ4v) is 2.85. The second kappa shape index (κ2) is 8.22. The van der Waals surface area contributed by atoms with E-state index in [4.69, 9.17) is 5.26 Å². The molecule has 0 amide bonds. The fraction of sp³-hybridized carbons (Fsp3) is 0.176. The third-order valence-corrected chi connectivity index (χ3v) is 4.33. The van der Waals surface area contributed by atoms with Gasteiger partial charge in [0.2, 0.25) is 0 Å². The molecule has 2 aromatic heterocycles. The molecule has 0 spiro atoms. The molecule has 0 aliphatic rings. The molecule has 0 saturated carbocycles. The Bertz CT molecular complexity index is 1010. The minimum atomic E-state index is -3.41. The monoisotopic (exact) mass is 370 g/mol. The molecular weight excluding hydrogens is 352 g/mol. The fourth-order valence-electron chi connectivity index (χ4n) is 2.07. The number of hydrogen-bond donors (Lipinski definition) is 2. The van der Waals surface area contributed by atoms with Gasteiger partial charge in [-0.2, -0.15) is 5.26 Å². The molecule has 0 radical (unpaired) electrons. The number of nitrogens with zero attached hydrogens (tertiary/aromatic N) is 4. The Morgan fingerprint density at radius 1 is 1.27 bits per heavy atom. The minimum Gasteiger partial charge on any atom is -0.343 e. The highest BCUT2D eigenvalue weighted by Crippen LogP contribution is 2.19. The van der Waals surface area contributed by atoms with Gasteiger partial charge in [0.1, 0.15) is 34.1 Å². The standard InChI is InChI=1S/C17H18N6O2S/c1-12(21-17-14(26(3,24)25)7-5-9-20-17)10-16(19-2)23-15-8-4-6-13(11-18)22-15/h4-10H,1-3H3,(H,20,21)(H,19,22,23)/b12-10+. The first-order chi connectivity index (χ1) is 12.3. The molecule has 0 saturated heterocycles. The van der Waals surface area contributed by atoms with E-state index in [1.54, 1.807) is 44.3 Å². The van der Waals surface area contributed by atoms with Crippen molar-refractivity contribution in [1.82, 2.24) is 9.97 Å². The van der Waals surface area contributed by atoms with Crippen LogP contribution in [0.15, 0.2) is 58.2 Å². The zero-order chi connectivity index (χ0) is 19.2. The maximum atomic E-state index is 11.8. The van der Waals surface area contributed by atoms with E-state index in [1.165, 1.54) is 12.3 Å². The number of pyridine rings is 2. The lowest BCUT2D eigenvalue weighted by Crippen LogP contribution is -2.13. The van der Waals surface area contributed by atoms with E-state index < -0.39 is 9.84 Å². The van der Waals surface area contributed by atoms with Crippen LogP contribution in [0.3, 0.4) is 0 Å². The van der Waals surface area contributed by atoms with Crippen LogP contribution < -0.4 is 10.6 Å². The third-order valence-electron chi connectivity index (χ3n) is 3.20. The lowest BCUT2D eigenvalue weighted by molar-refractivity contribution is 0.602. The molecule has 2 aromatic rings. The Morgan fingerprint density at radius 2 is 2.04 bits per heavy atom. The molecule has 2 rings (SSSR count). The molecule has 9 heteroatoms. The molecular formula is C17H18N6O2S. The summed E-state index contributed by atoms with van der Waals surface area (Å²) in [5.74, 6) is 1.20. The first kappa shape index (κ1) is 19.1. The molecule has 0 fully saturated rings. The zero-order valence-corrected chi connectivity index (χ0v) is 15.4. The Kier molecular flexibility index (Phi) is 6.03. The number of nitrogens with one attached hydrogen (secondary N) is 2. The van der Waals surface area contributed by atoms with Gasteiger partial charge in [-0.15, -0.1) is 0 Å². The number of aromatic nitrogens is 2. The van der Waals surface area contributed by atoms with Crippen molar-refractivity contribution < 1.29 is 8.42 Å². The van der Waals surface area contributed by atoms with Crippen LogP contribution in [-0.4, -0.2) is 37.5 Å². The average molecular weight is 370 g/mol. The molecule has 0 aromatic carbocycles. The summed E-state index contributed by atoms with van der Waals surface area (Å²) >= 11 is 0. The summed E-state index contributed by atoms with van der Waals surface area (Å²) in [6.45, 7) is 1.76. The number of amidine groups is 1. The summed E-state index contributed by atoms with van der Waals surface area (Å²) in [5, 5.41) is 14.9. The Morgan fingerprint density at radius 3 is 2.69 bits per heavy atom. The second-order valence-corrected chi connectivity index (χ2v) is 7.31. The SMILES string of the molecule is C/N=C(\C=C(/C)Nc1ncccc1S(C)(=O)=O)Nc1cccc(C#N)n1. The van der Waals surface area contributed by atoms with Gasteiger partial charge in [0, 0.05) is 25.2 Å². The molecule has 134 valence electrons. The maximum Gasteiger partial charge on any atom is 0.179 e. The Labute approximate surface area is 152 Å². The van der Waals surface area contributed by atoms with E-state index in [9.17, 15) is 8.42 Å². The van der Waals surface area contributed by atoms with Gasteiger partial charge >= 0.3 is 0 Å². The van der Waals surface area contributed by atoms with Crippen molar-refractivity contribution in [2.75, 3.05) is 23.9 Å². The predicted molar refractivity (Wildman–Crippen MR) is 101 cm³/mol. The van der Waals surface area contributed by atoms with E-state index in [2.05, 4.69) is 25.6 Å². The number of hydrogen-bond acceptors (Lipinski definition) is 7. The van der Waals surface area contributed by atoms with Crippen LogP contribution >= 0.6 is 0 Å². The Balaban J connectivity index is 2.22. The molecule has 26 heavy (non-hydrogen) atoms. The van der Waals surface area contributed by atoms with Crippen molar-refractivity contribution in [1.29, 1.82) is 5.26 Å². The number of allylic oxidation sites excluding steroid dienone is 1. The smallest absolute Gasteiger partial charge is 0.179 e. The normalized spacial score (nSPS) is 12.4. The lowest BCUT2D eigenvalue weighted by atomic mass is 10.3. The molecule has 0 atom stereocenters. The molecule has 0 aliphatic heterocycles. The van der Waals surface area contributed by atoms with E-state index in [-0.39, 0.29) is 16.4 Å². The molecule has 2 heterocycles. The van der Waals surface area contributed by atoms with Crippen molar-refractivity contribution >= 4 is 27.3 Å². The van der Waals surface area contributed by atoms with Gasteiger partial charge in [0.05, 0.1) is 0 Å². The lowest BCUT2D eigenvalue weighted by Gasteiger charge is -2.11. The van der Waals surface area contributed by atoms with E-state index >= 15 is 0 Å². The van der Waals surface area contributed by atoms with E-state index in [1.807, 2.05) is 6.07 Å². The number of nitriles is 1. The van der Waals surface area contributed by atoms with Gasteiger partial charge < -0.3 is 10.6 Å². The summed E-state index contributed by atoms with van der Waals surface area (Å²) in [7, 11) is -1.81. The maximum absolute atomic E-state index is 11.8. The van der Waals surface area contributed by atoms with Crippen LogP contribution in [0.5, 0.6) is 0 Å². The van der Waals surface area contributed by atoms with Crippen LogP contribution in [0.25, 0.3) is 0 Å². The van der Waals surface area contributed by atoms with Gasteiger partial charge in [-0.25, -0.2) is 18.4 Å². The quantitative estimate of drug-likeness (QED) is 0.611. The second-order valence-electron chi connectivity index (χ2n) is 5.33. The highest BCUT2D eigenvalue weighted by molar-refractivity contribution is 7.90. The van der Waals surface area contributed by atoms with Crippen LogP contribution in [0.2, 0.25) is 0 Å². The Hall–Kier alpha value is -3.25. The van der Waals surface area contributed by atoms with Gasteiger partial charge in [-0.3, -0.25) is 4.99 Å². The number of rotatable bonds is 5. The van der Waals surface area contributed by atoms with Crippen molar-refractivity contribution in [2.45, 2.75) is 11.8 Å².